The maximum Gasteiger partial charge on any atom is 0.271 e. The number of benzene rings is 1. The Kier molecular flexibility index (Phi) is 4.41. The van der Waals surface area contributed by atoms with Crippen molar-refractivity contribution in [2.75, 3.05) is 6.54 Å². The molecule has 1 aromatic carbocycles. The molecule has 28 heavy (non-hydrogen) atoms. The normalized spacial score (nSPS) is 26.9. The Labute approximate surface area is 162 Å². The van der Waals surface area contributed by atoms with Crippen molar-refractivity contribution in [2.45, 2.75) is 43.7 Å². The Morgan fingerprint density at radius 1 is 1.21 bits per heavy atom. The third-order valence-electron chi connectivity index (χ3n) is 5.86. The average Bonchev–Trinajstić information content (AvgIpc) is 3.32. The first-order valence-corrected chi connectivity index (χ1v) is 9.43. The van der Waals surface area contributed by atoms with Crippen LogP contribution in [0.3, 0.4) is 0 Å². The van der Waals surface area contributed by atoms with Crippen molar-refractivity contribution >= 4 is 29.2 Å². The molecule has 8 heteroatoms. The summed E-state index contributed by atoms with van der Waals surface area (Å²) in [5, 5.41) is 5.34. The SMILES string of the molecule is NC(=O)[C@]12CCCN1C(=O)C(NC(=O)[C@@H]1CCC(=O)N1)=C(c1ccccc1)C2. The molecule has 3 aliphatic rings. The Hall–Kier alpha value is -3.16. The molecule has 4 rings (SSSR count). The van der Waals surface area contributed by atoms with Crippen LogP contribution in [0.2, 0.25) is 0 Å². The Balaban J connectivity index is 1.75. The third-order valence-corrected chi connectivity index (χ3v) is 5.86. The molecule has 0 bridgehead atoms. The summed E-state index contributed by atoms with van der Waals surface area (Å²) in [5.41, 5.74) is 6.18. The van der Waals surface area contributed by atoms with E-state index in [1.165, 1.54) is 4.90 Å². The lowest BCUT2D eigenvalue weighted by Gasteiger charge is -2.41. The lowest BCUT2D eigenvalue weighted by atomic mass is 9.80. The van der Waals surface area contributed by atoms with Crippen LogP contribution in [0.4, 0.5) is 0 Å². The van der Waals surface area contributed by atoms with Gasteiger partial charge in [-0.3, -0.25) is 19.2 Å². The summed E-state index contributed by atoms with van der Waals surface area (Å²) in [5.74, 6) is -1.53. The molecule has 3 aliphatic heterocycles. The lowest BCUT2D eigenvalue weighted by Crippen LogP contribution is -2.60. The van der Waals surface area contributed by atoms with Gasteiger partial charge in [-0.2, -0.15) is 0 Å². The van der Waals surface area contributed by atoms with E-state index in [9.17, 15) is 19.2 Å². The molecular weight excluding hydrogens is 360 g/mol. The van der Waals surface area contributed by atoms with E-state index in [0.717, 1.165) is 5.56 Å². The predicted molar refractivity (Wildman–Crippen MR) is 100 cm³/mol. The Morgan fingerprint density at radius 2 is 1.96 bits per heavy atom. The lowest BCUT2D eigenvalue weighted by molar-refractivity contribution is -0.142. The molecule has 0 radical (unpaired) electrons. The highest BCUT2D eigenvalue weighted by molar-refractivity contribution is 6.10. The van der Waals surface area contributed by atoms with E-state index in [2.05, 4.69) is 10.6 Å². The van der Waals surface area contributed by atoms with Gasteiger partial charge in [-0.25, -0.2) is 0 Å². The number of primary amides is 1. The third kappa shape index (κ3) is 2.85. The molecule has 0 aliphatic carbocycles. The number of nitrogens with zero attached hydrogens (tertiary/aromatic N) is 1. The minimum Gasteiger partial charge on any atom is -0.368 e. The maximum absolute atomic E-state index is 13.3. The molecule has 2 atom stereocenters. The van der Waals surface area contributed by atoms with E-state index < -0.39 is 29.3 Å². The van der Waals surface area contributed by atoms with E-state index >= 15 is 0 Å². The number of fused-ring (bicyclic) bond motifs is 1. The number of carbonyl (C=O) groups is 4. The van der Waals surface area contributed by atoms with Gasteiger partial charge in [0.1, 0.15) is 17.3 Å². The Morgan fingerprint density at radius 3 is 2.61 bits per heavy atom. The van der Waals surface area contributed by atoms with E-state index in [-0.39, 0.29) is 24.4 Å². The first kappa shape index (κ1) is 18.2. The topological polar surface area (TPSA) is 122 Å². The minimum absolute atomic E-state index is 0.163. The van der Waals surface area contributed by atoms with Gasteiger partial charge in [0.25, 0.3) is 5.91 Å². The molecule has 4 amide bonds. The minimum atomic E-state index is -1.06. The fraction of sp³-hybridized carbons (Fsp3) is 0.400. The summed E-state index contributed by atoms with van der Waals surface area (Å²) >= 11 is 0. The number of carbonyl (C=O) groups excluding carboxylic acids is 4. The van der Waals surface area contributed by atoms with Crippen molar-refractivity contribution in [2.24, 2.45) is 5.73 Å². The van der Waals surface area contributed by atoms with Crippen LogP contribution in [0, 0.1) is 0 Å². The number of rotatable bonds is 4. The smallest absolute Gasteiger partial charge is 0.271 e. The second kappa shape index (κ2) is 6.78. The standard InChI is InChI=1S/C20H22N4O4/c21-19(28)20-9-4-10-24(20)18(27)16(13(11-20)12-5-2-1-3-6-12)23-17(26)14-7-8-15(25)22-14/h1-3,5-6,14H,4,7-11H2,(H2,21,28)(H,22,25)(H,23,26)/t14-,20+/m0/s1. The van der Waals surface area contributed by atoms with Crippen LogP contribution in [-0.4, -0.2) is 46.7 Å². The predicted octanol–water partition coefficient (Wildman–Crippen LogP) is 0.0427. The molecule has 3 heterocycles. The van der Waals surface area contributed by atoms with Gasteiger partial charge in [0.05, 0.1) is 0 Å². The van der Waals surface area contributed by atoms with Crippen LogP contribution in [-0.2, 0) is 19.2 Å². The van der Waals surface area contributed by atoms with Crippen molar-refractivity contribution in [3.05, 3.63) is 41.6 Å². The van der Waals surface area contributed by atoms with Crippen molar-refractivity contribution in [3.63, 3.8) is 0 Å². The zero-order chi connectivity index (χ0) is 19.9. The molecule has 8 nitrogen and oxygen atoms in total. The number of hydrogen-bond acceptors (Lipinski definition) is 4. The van der Waals surface area contributed by atoms with Crippen molar-refractivity contribution in [1.82, 2.24) is 15.5 Å². The van der Waals surface area contributed by atoms with E-state index in [1.807, 2.05) is 30.3 Å². The van der Waals surface area contributed by atoms with Gasteiger partial charge < -0.3 is 21.3 Å². The maximum atomic E-state index is 13.3. The summed E-state index contributed by atoms with van der Waals surface area (Å²) in [6.45, 7) is 0.420. The highest BCUT2D eigenvalue weighted by atomic mass is 16.2. The van der Waals surface area contributed by atoms with Gasteiger partial charge in [0, 0.05) is 19.4 Å². The zero-order valence-electron chi connectivity index (χ0n) is 15.4. The molecule has 2 saturated heterocycles. The fourth-order valence-corrected chi connectivity index (χ4v) is 4.38. The molecule has 1 aromatic rings. The fourth-order valence-electron chi connectivity index (χ4n) is 4.38. The van der Waals surface area contributed by atoms with Crippen molar-refractivity contribution in [1.29, 1.82) is 0 Å². The Bertz CT molecular complexity index is 895. The molecule has 4 N–H and O–H groups in total. The number of nitrogens with two attached hydrogens (primary N) is 1. The van der Waals surface area contributed by atoms with Gasteiger partial charge >= 0.3 is 0 Å². The van der Waals surface area contributed by atoms with Gasteiger partial charge in [0.15, 0.2) is 0 Å². The van der Waals surface area contributed by atoms with E-state index in [1.54, 1.807) is 0 Å². The van der Waals surface area contributed by atoms with Crippen molar-refractivity contribution in [3.8, 4) is 0 Å². The quantitative estimate of drug-likeness (QED) is 0.681. The van der Waals surface area contributed by atoms with Crippen molar-refractivity contribution < 1.29 is 19.2 Å². The van der Waals surface area contributed by atoms with Crippen LogP contribution >= 0.6 is 0 Å². The second-order valence-corrected chi connectivity index (χ2v) is 7.50. The summed E-state index contributed by atoms with van der Waals surface area (Å²) in [7, 11) is 0. The van der Waals surface area contributed by atoms with Gasteiger partial charge in [0.2, 0.25) is 17.7 Å². The van der Waals surface area contributed by atoms with Crippen LogP contribution in [0.15, 0.2) is 36.0 Å². The average molecular weight is 382 g/mol. The molecule has 0 aromatic heterocycles. The molecule has 2 fully saturated rings. The van der Waals surface area contributed by atoms with Crippen LogP contribution in [0.1, 0.15) is 37.7 Å². The van der Waals surface area contributed by atoms with Gasteiger partial charge in [-0.15, -0.1) is 0 Å². The largest absolute Gasteiger partial charge is 0.368 e. The zero-order valence-corrected chi connectivity index (χ0v) is 15.4. The molecule has 0 saturated carbocycles. The molecule has 0 spiro atoms. The molecular formula is C20H22N4O4. The highest BCUT2D eigenvalue weighted by Gasteiger charge is 2.53. The number of hydrogen-bond donors (Lipinski definition) is 3. The first-order chi connectivity index (χ1) is 13.4. The van der Waals surface area contributed by atoms with E-state index in [0.29, 0.717) is 31.4 Å². The monoisotopic (exact) mass is 382 g/mol. The second-order valence-electron chi connectivity index (χ2n) is 7.50. The summed E-state index contributed by atoms with van der Waals surface area (Å²) in [6, 6.07) is 8.54. The summed E-state index contributed by atoms with van der Waals surface area (Å²) in [4.78, 5) is 51.2. The van der Waals surface area contributed by atoms with E-state index in [4.69, 9.17) is 5.73 Å². The highest BCUT2D eigenvalue weighted by Crippen LogP contribution is 2.43. The first-order valence-electron chi connectivity index (χ1n) is 9.43. The van der Waals surface area contributed by atoms with Crippen LogP contribution in [0.5, 0.6) is 0 Å². The molecule has 146 valence electrons. The summed E-state index contributed by atoms with van der Waals surface area (Å²) in [6.07, 6.45) is 2.11. The van der Waals surface area contributed by atoms with Gasteiger partial charge in [-0.05, 0) is 30.4 Å². The summed E-state index contributed by atoms with van der Waals surface area (Å²) < 4.78 is 0. The van der Waals surface area contributed by atoms with Crippen LogP contribution in [0.25, 0.3) is 5.57 Å². The van der Waals surface area contributed by atoms with Gasteiger partial charge in [-0.1, -0.05) is 30.3 Å². The van der Waals surface area contributed by atoms with Crippen LogP contribution < -0.4 is 16.4 Å². The number of amides is 4. The molecule has 0 unspecified atom stereocenters. The number of nitrogens with one attached hydrogen (secondary N) is 2.